The van der Waals surface area contributed by atoms with Crippen molar-refractivity contribution in [3.63, 3.8) is 0 Å². The standard InChI is InChI=1S/C12H17ClFNO4/c1-11(2,3)19-10(17)15-5-4-7-8(15)12(7,14)9(16)18-6-13/h7-8H,4-6H2,1-3H3/t7-,8+,12-/m1/s1. The fourth-order valence-electron chi connectivity index (χ4n) is 2.59. The molecule has 0 radical (unpaired) electrons. The Hall–Kier alpha value is -1.04. The zero-order valence-corrected chi connectivity index (χ0v) is 11.9. The van der Waals surface area contributed by atoms with Crippen molar-refractivity contribution < 1.29 is 23.5 Å². The van der Waals surface area contributed by atoms with Gasteiger partial charge in [-0.1, -0.05) is 11.6 Å². The Kier molecular flexibility index (Phi) is 3.41. The average molecular weight is 294 g/mol. The molecule has 0 aromatic heterocycles. The van der Waals surface area contributed by atoms with Crippen LogP contribution in [0.15, 0.2) is 0 Å². The monoisotopic (exact) mass is 293 g/mol. The second kappa shape index (κ2) is 4.51. The number of halogens is 2. The van der Waals surface area contributed by atoms with Gasteiger partial charge in [0.15, 0.2) is 6.07 Å². The SMILES string of the molecule is CC(C)(C)OC(=O)N1CC[C@@H]2[C@H]1[C@@]2(F)C(=O)OCCl. The number of nitrogens with zero attached hydrogens (tertiary/aromatic N) is 1. The first-order chi connectivity index (χ1) is 8.71. The molecule has 0 unspecified atom stereocenters. The predicted molar refractivity (Wildman–Crippen MR) is 65.5 cm³/mol. The minimum absolute atomic E-state index is 0.392. The number of alkyl halides is 2. The quantitative estimate of drug-likeness (QED) is 0.578. The normalized spacial score (nSPS) is 32.8. The summed E-state index contributed by atoms with van der Waals surface area (Å²) in [5, 5.41) is 0. The van der Waals surface area contributed by atoms with Gasteiger partial charge < -0.3 is 14.4 Å². The van der Waals surface area contributed by atoms with Crippen LogP contribution >= 0.6 is 11.6 Å². The van der Waals surface area contributed by atoms with E-state index in [1.54, 1.807) is 20.8 Å². The molecule has 2 rings (SSSR count). The maximum absolute atomic E-state index is 14.5. The van der Waals surface area contributed by atoms with Crippen molar-refractivity contribution in [1.29, 1.82) is 0 Å². The molecular weight excluding hydrogens is 277 g/mol. The molecular formula is C12H17ClFNO4. The van der Waals surface area contributed by atoms with Gasteiger partial charge in [0.1, 0.15) is 5.60 Å². The first kappa shape index (κ1) is 14.4. The Morgan fingerprint density at radius 1 is 1.47 bits per heavy atom. The predicted octanol–water partition coefficient (Wildman–Crippen LogP) is 2.07. The first-order valence-electron chi connectivity index (χ1n) is 6.13. The molecule has 7 heteroatoms. The van der Waals surface area contributed by atoms with Crippen LogP contribution in [0.4, 0.5) is 9.18 Å². The molecule has 19 heavy (non-hydrogen) atoms. The van der Waals surface area contributed by atoms with Gasteiger partial charge in [0, 0.05) is 12.5 Å². The van der Waals surface area contributed by atoms with E-state index in [0.717, 1.165) is 0 Å². The Morgan fingerprint density at radius 3 is 2.63 bits per heavy atom. The van der Waals surface area contributed by atoms with Crippen molar-refractivity contribution in [2.75, 3.05) is 12.6 Å². The second-order valence-electron chi connectivity index (χ2n) is 5.82. The summed E-state index contributed by atoms with van der Waals surface area (Å²) in [6.45, 7) is 5.59. The van der Waals surface area contributed by atoms with Crippen LogP contribution in [0.1, 0.15) is 27.2 Å². The lowest BCUT2D eigenvalue weighted by Gasteiger charge is -2.26. The minimum atomic E-state index is -2.12. The summed E-state index contributed by atoms with van der Waals surface area (Å²) < 4.78 is 24.2. The second-order valence-corrected chi connectivity index (χ2v) is 6.04. The van der Waals surface area contributed by atoms with Gasteiger partial charge in [-0.3, -0.25) is 0 Å². The van der Waals surface area contributed by atoms with E-state index in [0.29, 0.717) is 13.0 Å². The fraction of sp³-hybridized carbons (Fsp3) is 0.833. The van der Waals surface area contributed by atoms with Crippen LogP contribution in [0.5, 0.6) is 0 Å². The maximum Gasteiger partial charge on any atom is 0.410 e. The average Bonchev–Trinajstić information content (AvgIpc) is 2.70. The first-order valence-corrected chi connectivity index (χ1v) is 6.67. The van der Waals surface area contributed by atoms with Gasteiger partial charge in [-0.15, -0.1) is 0 Å². The number of piperidine rings is 1. The van der Waals surface area contributed by atoms with Crippen LogP contribution in [0.3, 0.4) is 0 Å². The summed E-state index contributed by atoms with van der Waals surface area (Å²) in [6.07, 6.45) is -0.171. The van der Waals surface area contributed by atoms with Crippen LogP contribution in [0.25, 0.3) is 0 Å². The van der Waals surface area contributed by atoms with E-state index in [4.69, 9.17) is 16.3 Å². The Morgan fingerprint density at radius 2 is 2.11 bits per heavy atom. The molecule has 1 aliphatic heterocycles. The van der Waals surface area contributed by atoms with Crippen molar-refractivity contribution in [1.82, 2.24) is 4.90 Å². The number of carbonyl (C=O) groups is 2. The molecule has 108 valence electrons. The van der Waals surface area contributed by atoms with Gasteiger partial charge in [-0.25, -0.2) is 14.0 Å². The van der Waals surface area contributed by atoms with Gasteiger partial charge in [0.2, 0.25) is 5.67 Å². The van der Waals surface area contributed by atoms with E-state index in [-0.39, 0.29) is 0 Å². The van der Waals surface area contributed by atoms with E-state index in [1.807, 2.05) is 0 Å². The molecule has 0 bridgehead atoms. The summed E-state index contributed by atoms with van der Waals surface area (Å²) in [4.78, 5) is 24.7. The number of carbonyl (C=O) groups excluding carboxylic acids is 2. The number of hydrogen-bond donors (Lipinski definition) is 0. The van der Waals surface area contributed by atoms with E-state index < -0.39 is 41.4 Å². The van der Waals surface area contributed by atoms with Gasteiger partial charge in [0.05, 0.1) is 6.04 Å². The van der Waals surface area contributed by atoms with E-state index in [1.165, 1.54) is 4.90 Å². The topological polar surface area (TPSA) is 55.8 Å². The summed E-state index contributed by atoms with van der Waals surface area (Å²) in [6, 6.07) is -1.17. The number of esters is 1. The maximum atomic E-state index is 14.5. The third kappa shape index (κ3) is 2.38. The zero-order chi connectivity index (χ0) is 14.4. The van der Waals surface area contributed by atoms with Crippen LogP contribution < -0.4 is 0 Å². The van der Waals surface area contributed by atoms with Crippen LogP contribution in [0.2, 0.25) is 0 Å². The van der Waals surface area contributed by atoms with Gasteiger partial charge >= 0.3 is 12.1 Å². The third-order valence-electron chi connectivity index (χ3n) is 3.39. The lowest BCUT2D eigenvalue weighted by molar-refractivity contribution is -0.151. The molecule has 0 N–H and O–H groups in total. The Balaban J connectivity index is 2.04. The zero-order valence-electron chi connectivity index (χ0n) is 11.1. The van der Waals surface area contributed by atoms with Crippen LogP contribution in [-0.4, -0.2) is 46.9 Å². The van der Waals surface area contributed by atoms with Crippen LogP contribution in [-0.2, 0) is 14.3 Å². The summed E-state index contributed by atoms with van der Waals surface area (Å²) >= 11 is 5.26. The number of amides is 1. The van der Waals surface area contributed by atoms with Crippen molar-refractivity contribution >= 4 is 23.7 Å². The number of hydrogen-bond acceptors (Lipinski definition) is 4. The Bertz CT molecular complexity index is 411. The molecule has 1 amide bonds. The van der Waals surface area contributed by atoms with E-state index in [9.17, 15) is 14.0 Å². The van der Waals surface area contributed by atoms with Crippen LogP contribution in [0, 0.1) is 5.92 Å². The third-order valence-corrected chi connectivity index (χ3v) is 3.49. The smallest absolute Gasteiger partial charge is 0.410 e. The van der Waals surface area contributed by atoms with Crippen molar-refractivity contribution in [2.45, 2.75) is 44.5 Å². The largest absolute Gasteiger partial charge is 0.447 e. The minimum Gasteiger partial charge on any atom is -0.447 e. The highest BCUT2D eigenvalue weighted by atomic mass is 35.5. The molecule has 1 aliphatic carbocycles. The molecule has 0 aromatic carbocycles. The van der Waals surface area contributed by atoms with Crippen molar-refractivity contribution in [2.24, 2.45) is 5.92 Å². The van der Waals surface area contributed by atoms with E-state index in [2.05, 4.69) is 4.74 Å². The highest BCUT2D eigenvalue weighted by Crippen LogP contribution is 2.57. The number of fused-ring (bicyclic) bond motifs is 1. The molecule has 0 aromatic rings. The molecule has 5 nitrogen and oxygen atoms in total. The van der Waals surface area contributed by atoms with Gasteiger partial charge in [0.25, 0.3) is 0 Å². The number of likely N-dealkylation sites (tertiary alicyclic amines) is 1. The number of rotatable bonds is 2. The molecule has 1 saturated carbocycles. The highest BCUT2D eigenvalue weighted by molar-refractivity contribution is 6.17. The highest BCUT2D eigenvalue weighted by Gasteiger charge is 2.78. The number of ether oxygens (including phenoxy) is 2. The lowest BCUT2D eigenvalue weighted by Crippen LogP contribution is -2.42. The van der Waals surface area contributed by atoms with Crippen molar-refractivity contribution in [3.8, 4) is 0 Å². The fourth-order valence-corrected chi connectivity index (χ4v) is 2.69. The lowest BCUT2D eigenvalue weighted by atomic mass is 10.2. The Labute approximate surface area is 116 Å². The molecule has 3 atom stereocenters. The molecule has 2 aliphatic rings. The molecule has 1 saturated heterocycles. The summed E-state index contributed by atoms with van der Waals surface area (Å²) in [5.74, 6) is -1.50. The summed E-state index contributed by atoms with van der Waals surface area (Å²) in [7, 11) is 0. The van der Waals surface area contributed by atoms with E-state index >= 15 is 0 Å². The molecule has 2 fully saturated rings. The molecule has 1 heterocycles. The van der Waals surface area contributed by atoms with Gasteiger partial charge in [-0.05, 0) is 27.2 Å². The molecule has 0 spiro atoms. The van der Waals surface area contributed by atoms with Crippen molar-refractivity contribution in [3.05, 3.63) is 0 Å². The summed E-state index contributed by atoms with van der Waals surface area (Å²) in [5.41, 5.74) is -2.77. The van der Waals surface area contributed by atoms with Gasteiger partial charge in [-0.2, -0.15) is 0 Å².